The van der Waals surface area contributed by atoms with Gasteiger partial charge in [-0.1, -0.05) is 6.58 Å². The van der Waals surface area contributed by atoms with Gasteiger partial charge >= 0.3 is 5.97 Å². The van der Waals surface area contributed by atoms with E-state index in [4.69, 9.17) is 5.11 Å². The second-order valence-electron chi connectivity index (χ2n) is 1.75. The van der Waals surface area contributed by atoms with E-state index in [1.807, 2.05) is 0 Å². The molecule has 0 aliphatic heterocycles. The number of nitrogens with zero attached hydrogens (tertiary/aromatic N) is 1. The maximum Gasteiger partial charge on any atom is 0.326 e. The van der Waals surface area contributed by atoms with Crippen LogP contribution in [0.1, 0.15) is 6.92 Å². The molecule has 0 aliphatic carbocycles. The van der Waals surface area contributed by atoms with Crippen molar-refractivity contribution in [3.05, 3.63) is 12.8 Å². The molecule has 10 heavy (non-hydrogen) atoms. The summed E-state index contributed by atoms with van der Waals surface area (Å²) in [5.41, 5.74) is 0. The molecule has 0 fully saturated rings. The van der Waals surface area contributed by atoms with Crippen molar-refractivity contribution in [2.45, 2.75) is 13.0 Å². The lowest BCUT2D eigenvalue weighted by atomic mass is 10.3. The van der Waals surface area contributed by atoms with E-state index in [9.17, 15) is 9.59 Å². The Morgan fingerprint density at radius 2 is 2.30 bits per heavy atom. The second kappa shape index (κ2) is 3.66. The Bertz CT molecular complexity index is 147. The molecule has 0 radical (unpaired) electrons. The van der Waals surface area contributed by atoms with Crippen LogP contribution in [0.15, 0.2) is 12.8 Å². The van der Waals surface area contributed by atoms with Crippen LogP contribution in [0, 0.1) is 0 Å². The lowest BCUT2D eigenvalue weighted by Crippen LogP contribution is -2.33. The van der Waals surface area contributed by atoms with Gasteiger partial charge in [0, 0.05) is 6.20 Å². The van der Waals surface area contributed by atoms with Crippen LogP contribution in [0.4, 0.5) is 0 Å². The molecule has 0 bridgehead atoms. The molecule has 0 rings (SSSR count). The fourth-order valence-electron chi connectivity index (χ4n) is 0.420. The number of amides is 1. The van der Waals surface area contributed by atoms with Gasteiger partial charge in [-0.3, -0.25) is 4.79 Å². The minimum absolute atomic E-state index is 0.422. The summed E-state index contributed by atoms with van der Waals surface area (Å²) in [6.07, 6.45) is 1.59. The van der Waals surface area contributed by atoms with Crippen LogP contribution >= 0.6 is 0 Å². The first-order chi connectivity index (χ1) is 4.63. The molecule has 0 heterocycles. The van der Waals surface area contributed by atoms with Crippen molar-refractivity contribution in [1.29, 1.82) is 0 Å². The highest BCUT2D eigenvalue weighted by atomic mass is 16.4. The van der Waals surface area contributed by atoms with Crippen molar-refractivity contribution < 1.29 is 14.7 Å². The van der Waals surface area contributed by atoms with Crippen LogP contribution in [-0.2, 0) is 9.59 Å². The van der Waals surface area contributed by atoms with E-state index >= 15 is 0 Å². The van der Waals surface area contributed by atoms with Gasteiger partial charge in [0.2, 0.25) is 6.41 Å². The van der Waals surface area contributed by atoms with Crippen molar-refractivity contribution in [1.82, 2.24) is 4.90 Å². The number of carbonyl (C=O) groups excluding carboxylic acids is 1. The van der Waals surface area contributed by atoms with E-state index in [1.165, 1.54) is 13.1 Å². The fourth-order valence-corrected chi connectivity index (χ4v) is 0.420. The van der Waals surface area contributed by atoms with Crippen molar-refractivity contribution in [3.63, 3.8) is 0 Å². The topological polar surface area (TPSA) is 57.6 Å². The molecule has 1 amide bonds. The predicted octanol–water partition coefficient (Wildman–Crippen LogP) is 0.0614. The monoisotopic (exact) mass is 143 g/mol. The average molecular weight is 143 g/mol. The maximum atomic E-state index is 10.2. The maximum absolute atomic E-state index is 10.2. The number of hydrogen-bond acceptors (Lipinski definition) is 2. The summed E-state index contributed by atoms with van der Waals surface area (Å²) >= 11 is 0. The first-order valence-corrected chi connectivity index (χ1v) is 2.71. The Labute approximate surface area is 58.8 Å². The van der Waals surface area contributed by atoms with Gasteiger partial charge < -0.3 is 10.0 Å². The molecule has 1 N–H and O–H groups in total. The summed E-state index contributed by atoms with van der Waals surface area (Å²) in [6.45, 7) is 4.67. The lowest BCUT2D eigenvalue weighted by Gasteiger charge is -2.15. The number of rotatable bonds is 4. The summed E-state index contributed by atoms with van der Waals surface area (Å²) in [6, 6.07) is -0.838. The predicted molar refractivity (Wildman–Crippen MR) is 35.2 cm³/mol. The van der Waals surface area contributed by atoms with Crippen molar-refractivity contribution in [2.24, 2.45) is 0 Å². The second-order valence-corrected chi connectivity index (χ2v) is 1.75. The van der Waals surface area contributed by atoms with Crippen LogP contribution in [0.3, 0.4) is 0 Å². The van der Waals surface area contributed by atoms with Gasteiger partial charge in [-0.25, -0.2) is 4.79 Å². The molecule has 0 aromatic heterocycles. The molecule has 56 valence electrons. The van der Waals surface area contributed by atoms with Crippen molar-refractivity contribution in [2.75, 3.05) is 0 Å². The summed E-state index contributed by atoms with van der Waals surface area (Å²) in [5.74, 6) is -1.05. The first-order valence-electron chi connectivity index (χ1n) is 2.71. The smallest absolute Gasteiger partial charge is 0.326 e. The Balaban J connectivity index is 4.13. The van der Waals surface area contributed by atoms with E-state index in [0.717, 1.165) is 4.90 Å². The number of carbonyl (C=O) groups is 2. The van der Waals surface area contributed by atoms with Gasteiger partial charge in [0.15, 0.2) is 0 Å². The SMILES string of the molecule is C=CN(C=O)C(C)C(=O)O. The Kier molecular flexibility index (Phi) is 3.17. The Morgan fingerprint density at radius 1 is 1.80 bits per heavy atom. The average Bonchev–Trinajstić information content (AvgIpc) is 1.90. The minimum atomic E-state index is -1.05. The molecule has 0 aliphatic rings. The number of carboxylic acid groups (broad SMARTS) is 1. The Morgan fingerprint density at radius 3 is 2.40 bits per heavy atom. The zero-order chi connectivity index (χ0) is 8.15. The highest BCUT2D eigenvalue weighted by molar-refractivity contribution is 5.76. The Hall–Kier alpha value is -1.32. The number of carboxylic acids is 1. The van der Waals surface area contributed by atoms with E-state index in [0.29, 0.717) is 6.41 Å². The summed E-state index contributed by atoms with van der Waals surface area (Å²) in [7, 11) is 0. The number of hydrogen-bond donors (Lipinski definition) is 1. The highest BCUT2D eigenvalue weighted by Crippen LogP contribution is 1.94. The van der Waals surface area contributed by atoms with E-state index in [-0.39, 0.29) is 0 Å². The van der Waals surface area contributed by atoms with Crippen LogP contribution in [-0.4, -0.2) is 28.4 Å². The van der Waals surface area contributed by atoms with E-state index < -0.39 is 12.0 Å². The largest absolute Gasteiger partial charge is 0.480 e. The third-order valence-corrected chi connectivity index (χ3v) is 1.14. The van der Waals surface area contributed by atoms with Crippen LogP contribution in [0.5, 0.6) is 0 Å². The number of aliphatic carboxylic acids is 1. The molecular formula is C6H9NO3. The van der Waals surface area contributed by atoms with E-state index in [1.54, 1.807) is 0 Å². The zero-order valence-electron chi connectivity index (χ0n) is 5.65. The van der Waals surface area contributed by atoms with Crippen LogP contribution in [0.2, 0.25) is 0 Å². The van der Waals surface area contributed by atoms with Gasteiger partial charge in [0.1, 0.15) is 6.04 Å². The van der Waals surface area contributed by atoms with Crippen LogP contribution < -0.4 is 0 Å². The molecule has 4 heteroatoms. The highest BCUT2D eigenvalue weighted by Gasteiger charge is 2.15. The normalized spacial score (nSPS) is 11.7. The van der Waals surface area contributed by atoms with E-state index in [2.05, 4.69) is 6.58 Å². The molecule has 0 saturated heterocycles. The zero-order valence-corrected chi connectivity index (χ0v) is 5.65. The first kappa shape index (κ1) is 8.68. The molecule has 0 aromatic rings. The summed E-state index contributed by atoms with van der Waals surface area (Å²) < 4.78 is 0. The third kappa shape index (κ3) is 1.89. The quantitative estimate of drug-likeness (QED) is 0.566. The molecule has 4 nitrogen and oxygen atoms in total. The standard InChI is InChI=1S/C6H9NO3/c1-3-7(4-8)5(2)6(9)10/h3-5H,1H2,2H3,(H,9,10). The molecule has 0 aromatic carbocycles. The van der Waals surface area contributed by atoms with Crippen molar-refractivity contribution in [3.8, 4) is 0 Å². The minimum Gasteiger partial charge on any atom is -0.480 e. The molecule has 0 spiro atoms. The van der Waals surface area contributed by atoms with Crippen molar-refractivity contribution >= 4 is 12.4 Å². The van der Waals surface area contributed by atoms with Gasteiger partial charge in [0.25, 0.3) is 0 Å². The third-order valence-electron chi connectivity index (χ3n) is 1.14. The molecule has 1 atom stereocenters. The van der Waals surface area contributed by atoms with Gasteiger partial charge in [-0.05, 0) is 6.92 Å². The molecule has 0 saturated carbocycles. The molecule has 1 unspecified atom stereocenters. The summed E-state index contributed by atoms with van der Waals surface area (Å²) in [5, 5.41) is 8.37. The fraction of sp³-hybridized carbons (Fsp3) is 0.333. The van der Waals surface area contributed by atoms with Gasteiger partial charge in [-0.2, -0.15) is 0 Å². The van der Waals surface area contributed by atoms with Gasteiger partial charge in [-0.15, -0.1) is 0 Å². The summed E-state index contributed by atoms with van der Waals surface area (Å²) in [4.78, 5) is 21.3. The lowest BCUT2D eigenvalue weighted by molar-refractivity contribution is -0.144. The van der Waals surface area contributed by atoms with Gasteiger partial charge in [0.05, 0.1) is 0 Å². The van der Waals surface area contributed by atoms with Crippen LogP contribution in [0.25, 0.3) is 0 Å². The molecular weight excluding hydrogens is 134 g/mol.